The van der Waals surface area contributed by atoms with Crippen molar-refractivity contribution in [1.82, 2.24) is 9.78 Å². The van der Waals surface area contributed by atoms with Crippen LogP contribution in [0.15, 0.2) is 29.9 Å². The van der Waals surface area contributed by atoms with Crippen LogP contribution in [0.3, 0.4) is 0 Å². The molecule has 0 radical (unpaired) electrons. The highest BCUT2D eigenvalue weighted by molar-refractivity contribution is 7.10. The van der Waals surface area contributed by atoms with Gasteiger partial charge in [-0.25, -0.2) is 0 Å². The Labute approximate surface area is 93.7 Å². The Morgan fingerprint density at radius 2 is 2.47 bits per heavy atom. The summed E-state index contributed by atoms with van der Waals surface area (Å²) in [6, 6.07) is 4.57. The average Bonchev–Trinajstić information content (AvgIpc) is 2.87. The molecule has 2 heterocycles. The van der Waals surface area contributed by atoms with Crippen LogP contribution < -0.4 is 5.32 Å². The molecule has 0 fully saturated rings. The molecule has 2 aromatic rings. The highest BCUT2D eigenvalue weighted by atomic mass is 32.1. The van der Waals surface area contributed by atoms with Crippen molar-refractivity contribution in [2.45, 2.75) is 26.4 Å². The number of anilines is 1. The van der Waals surface area contributed by atoms with Crippen molar-refractivity contribution in [2.24, 2.45) is 0 Å². The third kappa shape index (κ3) is 2.39. The summed E-state index contributed by atoms with van der Waals surface area (Å²) in [5, 5.41) is 9.75. The molecular formula is C11H15N3S. The molecule has 0 aliphatic heterocycles. The first kappa shape index (κ1) is 10.2. The lowest BCUT2D eigenvalue weighted by Gasteiger charge is -2.10. The third-order valence-electron chi connectivity index (χ3n) is 2.31. The topological polar surface area (TPSA) is 29.9 Å². The van der Waals surface area contributed by atoms with Gasteiger partial charge in [-0.15, -0.1) is 11.3 Å². The highest BCUT2D eigenvalue weighted by Gasteiger charge is 2.06. The predicted octanol–water partition coefficient (Wildman–Crippen LogP) is 3.14. The summed E-state index contributed by atoms with van der Waals surface area (Å²) in [6.45, 7) is 5.16. The van der Waals surface area contributed by atoms with E-state index >= 15 is 0 Å². The second-order valence-corrected chi connectivity index (χ2v) is 4.45. The van der Waals surface area contributed by atoms with E-state index in [1.54, 1.807) is 11.3 Å². The fourth-order valence-electron chi connectivity index (χ4n) is 1.47. The summed E-state index contributed by atoms with van der Waals surface area (Å²) in [5.41, 5.74) is 1.08. The summed E-state index contributed by atoms with van der Waals surface area (Å²) >= 11 is 1.77. The van der Waals surface area contributed by atoms with Crippen molar-refractivity contribution in [3.05, 3.63) is 34.8 Å². The van der Waals surface area contributed by atoms with Gasteiger partial charge in [0.2, 0.25) is 0 Å². The van der Waals surface area contributed by atoms with Gasteiger partial charge in [-0.05, 0) is 25.3 Å². The Balaban J connectivity index is 2.02. The minimum absolute atomic E-state index is 0.347. The van der Waals surface area contributed by atoms with Crippen LogP contribution in [0, 0.1) is 0 Å². The van der Waals surface area contributed by atoms with Crippen LogP contribution in [-0.4, -0.2) is 9.78 Å². The van der Waals surface area contributed by atoms with Crippen LogP contribution >= 0.6 is 11.3 Å². The Morgan fingerprint density at radius 3 is 3.07 bits per heavy atom. The number of rotatable bonds is 4. The van der Waals surface area contributed by atoms with E-state index in [2.05, 4.69) is 41.8 Å². The van der Waals surface area contributed by atoms with Crippen LogP contribution in [0.4, 0.5) is 5.69 Å². The zero-order valence-corrected chi connectivity index (χ0v) is 9.79. The third-order valence-corrected chi connectivity index (χ3v) is 3.37. The summed E-state index contributed by atoms with van der Waals surface area (Å²) in [5.74, 6) is 0. The molecule has 0 amide bonds. The van der Waals surface area contributed by atoms with Gasteiger partial charge in [0.25, 0.3) is 0 Å². The van der Waals surface area contributed by atoms with Gasteiger partial charge in [0.15, 0.2) is 0 Å². The van der Waals surface area contributed by atoms with E-state index in [0.29, 0.717) is 6.04 Å². The first-order valence-electron chi connectivity index (χ1n) is 5.12. The Bertz CT molecular complexity index is 405. The lowest BCUT2D eigenvalue weighted by atomic mass is 10.3. The maximum atomic E-state index is 4.23. The van der Waals surface area contributed by atoms with E-state index in [1.165, 1.54) is 4.88 Å². The minimum atomic E-state index is 0.347. The van der Waals surface area contributed by atoms with E-state index in [-0.39, 0.29) is 0 Å². The summed E-state index contributed by atoms with van der Waals surface area (Å²) < 4.78 is 1.92. The summed E-state index contributed by atoms with van der Waals surface area (Å²) in [6.07, 6.45) is 3.90. The Morgan fingerprint density at radius 1 is 1.60 bits per heavy atom. The SMILES string of the molecule is CCn1cc(N[C@@H](C)c2cccs2)cn1. The van der Waals surface area contributed by atoms with Gasteiger partial charge < -0.3 is 5.32 Å². The molecule has 0 spiro atoms. The first-order valence-corrected chi connectivity index (χ1v) is 6.00. The van der Waals surface area contributed by atoms with Crippen molar-refractivity contribution in [1.29, 1.82) is 0 Å². The standard InChI is InChI=1S/C11H15N3S/c1-3-14-8-10(7-12-14)13-9(2)11-5-4-6-15-11/h4-9,13H,3H2,1-2H3/t9-/m0/s1. The van der Waals surface area contributed by atoms with Crippen LogP contribution in [0.1, 0.15) is 24.8 Å². The fraction of sp³-hybridized carbons (Fsp3) is 0.364. The fourth-order valence-corrected chi connectivity index (χ4v) is 2.20. The van der Waals surface area contributed by atoms with Crippen molar-refractivity contribution in [3.8, 4) is 0 Å². The largest absolute Gasteiger partial charge is 0.375 e. The number of aromatic nitrogens is 2. The molecule has 3 nitrogen and oxygen atoms in total. The second kappa shape index (κ2) is 4.49. The molecule has 1 atom stereocenters. The smallest absolute Gasteiger partial charge is 0.0731 e. The molecule has 0 aliphatic carbocycles. The molecule has 0 saturated carbocycles. The van der Waals surface area contributed by atoms with Crippen LogP contribution in [-0.2, 0) is 6.54 Å². The van der Waals surface area contributed by atoms with Gasteiger partial charge >= 0.3 is 0 Å². The maximum absolute atomic E-state index is 4.23. The van der Waals surface area contributed by atoms with Crippen LogP contribution in [0.2, 0.25) is 0 Å². The zero-order chi connectivity index (χ0) is 10.7. The van der Waals surface area contributed by atoms with Crippen molar-refractivity contribution < 1.29 is 0 Å². The molecule has 0 unspecified atom stereocenters. The van der Waals surface area contributed by atoms with E-state index in [1.807, 2.05) is 17.1 Å². The molecule has 2 aromatic heterocycles. The average molecular weight is 221 g/mol. The Kier molecular flexibility index (Phi) is 3.06. The van der Waals surface area contributed by atoms with E-state index < -0.39 is 0 Å². The maximum Gasteiger partial charge on any atom is 0.0731 e. The predicted molar refractivity (Wildman–Crippen MR) is 64.3 cm³/mol. The Hall–Kier alpha value is -1.29. The van der Waals surface area contributed by atoms with Crippen molar-refractivity contribution in [3.63, 3.8) is 0 Å². The number of nitrogens with one attached hydrogen (secondary N) is 1. The van der Waals surface area contributed by atoms with Crippen molar-refractivity contribution in [2.75, 3.05) is 5.32 Å². The minimum Gasteiger partial charge on any atom is -0.375 e. The molecule has 0 saturated heterocycles. The van der Waals surface area contributed by atoms with Crippen LogP contribution in [0.25, 0.3) is 0 Å². The normalized spacial score (nSPS) is 12.7. The quantitative estimate of drug-likeness (QED) is 0.859. The first-order chi connectivity index (χ1) is 7.29. The van der Waals surface area contributed by atoms with E-state index in [4.69, 9.17) is 0 Å². The number of thiophene rings is 1. The van der Waals surface area contributed by atoms with Gasteiger partial charge in [0.1, 0.15) is 0 Å². The number of aryl methyl sites for hydroxylation is 1. The number of hydrogen-bond donors (Lipinski definition) is 1. The van der Waals surface area contributed by atoms with Crippen LogP contribution in [0.5, 0.6) is 0 Å². The number of nitrogens with zero attached hydrogens (tertiary/aromatic N) is 2. The molecule has 2 rings (SSSR count). The van der Waals surface area contributed by atoms with E-state index in [9.17, 15) is 0 Å². The van der Waals surface area contributed by atoms with Gasteiger partial charge in [-0.1, -0.05) is 6.07 Å². The molecule has 80 valence electrons. The zero-order valence-electron chi connectivity index (χ0n) is 8.97. The molecule has 0 aliphatic rings. The van der Waals surface area contributed by atoms with E-state index in [0.717, 1.165) is 12.2 Å². The summed E-state index contributed by atoms with van der Waals surface area (Å²) in [4.78, 5) is 1.35. The lowest BCUT2D eigenvalue weighted by Crippen LogP contribution is -2.03. The molecule has 15 heavy (non-hydrogen) atoms. The second-order valence-electron chi connectivity index (χ2n) is 3.47. The lowest BCUT2D eigenvalue weighted by molar-refractivity contribution is 0.660. The van der Waals surface area contributed by atoms with Gasteiger partial charge in [-0.2, -0.15) is 5.10 Å². The number of hydrogen-bond acceptors (Lipinski definition) is 3. The van der Waals surface area contributed by atoms with Gasteiger partial charge in [-0.3, -0.25) is 4.68 Å². The van der Waals surface area contributed by atoms with Gasteiger partial charge in [0.05, 0.1) is 17.9 Å². The van der Waals surface area contributed by atoms with Gasteiger partial charge in [0, 0.05) is 17.6 Å². The molecule has 1 N–H and O–H groups in total. The molecule has 0 bridgehead atoms. The highest BCUT2D eigenvalue weighted by Crippen LogP contribution is 2.22. The molecule has 0 aromatic carbocycles. The molecule has 4 heteroatoms. The summed E-state index contributed by atoms with van der Waals surface area (Å²) in [7, 11) is 0. The monoisotopic (exact) mass is 221 g/mol. The molecular weight excluding hydrogens is 206 g/mol. The van der Waals surface area contributed by atoms with Crippen molar-refractivity contribution >= 4 is 17.0 Å².